The molecule has 1 amide bonds. The number of aromatic nitrogens is 6. The minimum absolute atomic E-state index is 0.128. The molecule has 6 rings (SSSR count). The molecule has 1 fully saturated rings. The van der Waals surface area contributed by atoms with Gasteiger partial charge in [-0.2, -0.15) is 15.5 Å². The topological polar surface area (TPSA) is 156 Å². The molecule has 1 saturated heterocycles. The Kier molecular flexibility index (Phi) is 7.54. The van der Waals surface area contributed by atoms with Crippen LogP contribution in [0.2, 0.25) is 0 Å². The van der Waals surface area contributed by atoms with Gasteiger partial charge in [0.05, 0.1) is 55.1 Å². The molecule has 2 atom stereocenters. The van der Waals surface area contributed by atoms with E-state index in [-0.39, 0.29) is 19.2 Å². The van der Waals surface area contributed by atoms with Crippen LogP contribution in [0.25, 0.3) is 22.5 Å². The largest absolute Gasteiger partial charge is 0.489 e. The summed E-state index contributed by atoms with van der Waals surface area (Å²) in [6, 6.07) is 11.2. The normalized spacial score (nSPS) is 15.7. The summed E-state index contributed by atoms with van der Waals surface area (Å²) in [7, 11) is 0. The Hall–Kier alpha value is -5.55. The number of nitrogens with zero attached hydrogens (tertiary/aromatic N) is 8. The molecule has 1 aliphatic heterocycles. The van der Waals surface area contributed by atoms with Crippen molar-refractivity contribution in [3.8, 4) is 28.8 Å². The summed E-state index contributed by atoms with van der Waals surface area (Å²) in [5.74, 6) is 1.18. The Labute approximate surface area is 244 Å². The van der Waals surface area contributed by atoms with Crippen molar-refractivity contribution in [3.05, 3.63) is 84.5 Å². The molecule has 2 N–H and O–H groups in total. The molecular weight excluding hydrogens is 557 g/mol. The lowest BCUT2D eigenvalue weighted by atomic mass is 10.1. The minimum atomic E-state index is -0.991. The first-order valence-corrected chi connectivity index (χ1v) is 13.4. The van der Waals surface area contributed by atoms with Crippen LogP contribution >= 0.6 is 0 Å². The molecule has 0 aromatic carbocycles. The predicted molar refractivity (Wildman–Crippen MR) is 151 cm³/mol. The maximum absolute atomic E-state index is 13.3. The number of anilines is 1. The van der Waals surface area contributed by atoms with E-state index in [2.05, 4.69) is 31.6 Å². The fourth-order valence-electron chi connectivity index (χ4n) is 4.82. The third-order valence-corrected chi connectivity index (χ3v) is 7.05. The summed E-state index contributed by atoms with van der Waals surface area (Å²) in [5, 5.41) is 30.6. The Bertz CT molecular complexity index is 1800. The lowest BCUT2D eigenvalue weighted by molar-refractivity contribution is -0.0412. The van der Waals surface area contributed by atoms with Gasteiger partial charge < -0.3 is 24.8 Å². The lowest BCUT2D eigenvalue weighted by Gasteiger charge is -2.30. The van der Waals surface area contributed by atoms with Crippen LogP contribution in [0.3, 0.4) is 0 Å². The summed E-state index contributed by atoms with van der Waals surface area (Å²) in [5.41, 5.74) is 3.36. The Morgan fingerprint density at radius 1 is 1.21 bits per heavy atom. The van der Waals surface area contributed by atoms with Crippen molar-refractivity contribution in [2.24, 2.45) is 0 Å². The zero-order valence-electron chi connectivity index (χ0n) is 23.0. The second kappa shape index (κ2) is 11.7. The van der Waals surface area contributed by atoms with E-state index in [9.17, 15) is 19.6 Å². The molecule has 0 radical (unpaired) electrons. The number of pyridine rings is 3. The van der Waals surface area contributed by atoms with Gasteiger partial charge in [0.15, 0.2) is 11.6 Å². The van der Waals surface area contributed by atoms with Crippen LogP contribution in [0, 0.1) is 17.1 Å². The Morgan fingerprint density at radius 2 is 2.09 bits per heavy atom. The number of carboxylic acid groups (broad SMARTS) is 1. The van der Waals surface area contributed by atoms with Crippen molar-refractivity contribution >= 4 is 17.4 Å². The van der Waals surface area contributed by atoms with Crippen molar-refractivity contribution < 1.29 is 23.8 Å². The SMILES string of the molecule is C[C@H](Nc1ccc(-c2cc(OC[C@H]3CN(C(=O)O)CCO3)cn3ncc(C#N)c23)cn1)c1ccc(-n2cc(F)cn2)nc1. The maximum atomic E-state index is 13.3. The van der Waals surface area contributed by atoms with Crippen LogP contribution < -0.4 is 10.1 Å². The predicted octanol–water partition coefficient (Wildman–Crippen LogP) is 3.92. The molecule has 0 aliphatic carbocycles. The standard InChI is InChI=1S/C29H26FN9O4/c1-18(19-3-5-27(33-10-19)38-14-22(30)13-35-38)36-26-4-2-20(11-32-26)25-8-23(16-39-28(25)21(9-31)12-34-39)43-17-24-15-37(29(40)41)6-7-42-24/h2-5,8,10-14,16,18,24H,6-7,15,17H2,1H3,(H,32,36)(H,40,41)/t18-,24+/m0/s1. The average molecular weight is 584 g/mol. The molecule has 1 aliphatic rings. The number of morpholine rings is 1. The van der Waals surface area contributed by atoms with E-state index >= 15 is 0 Å². The lowest BCUT2D eigenvalue weighted by Crippen LogP contribution is -2.47. The highest BCUT2D eigenvalue weighted by atomic mass is 19.1. The number of rotatable bonds is 8. The summed E-state index contributed by atoms with van der Waals surface area (Å²) in [4.78, 5) is 21.6. The van der Waals surface area contributed by atoms with Gasteiger partial charge in [-0.3, -0.25) is 0 Å². The number of fused-ring (bicyclic) bond motifs is 1. The van der Waals surface area contributed by atoms with Gasteiger partial charge in [0.1, 0.15) is 30.3 Å². The molecule has 5 aromatic heterocycles. The van der Waals surface area contributed by atoms with E-state index in [0.29, 0.717) is 47.2 Å². The number of carbonyl (C=O) groups is 1. The van der Waals surface area contributed by atoms with Gasteiger partial charge in [0.25, 0.3) is 0 Å². The van der Waals surface area contributed by atoms with E-state index in [1.54, 1.807) is 35.2 Å². The van der Waals surface area contributed by atoms with Crippen LogP contribution in [-0.2, 0) is 4.74 Å². The summed E-state index contributed by atoms with van der Waals surface area (Å²) in [6.45, 7) is 2.96. The second-order valence-corrected chi connectivity index (χ2v) is 9.94. The summed E-state index contributed by atoms with van der Waals surface area (Å²) < 4.78 is 27.9. The summed E-state index contributed by atoms with van der Waals surface area (Å²) in [6.07, 6.45) is 7.54. The first kappa shape index (κ1) is 27.6. The van der Waals surface area contributed by atoms with Crippen molar-refractivity contribution in [3.63, 3.8) is 0 Å². The van der Waals surface area contributed by atoms with Gasteiger partial charge in [-0.05, 0) is 36.8 Å². The quantitative estimate of drug-likeness (QED) is 0.275. The van der Waals surface area contributed by atoms with E-state index in [1.165, 1.54) is 22.0 Å². The van der Waals surface area contributed by atoms with Crippen LogP contribution in [0.1, 0.15) is 24.1 Å². The molecule has 6 heterocycles. The number of nitriles is 1. The van der Waals surface area contributed by atoms with E-state index < -0.39 is 18.0 Å². The molecular formula is C29H26FN9O4. The van der Waals surface area contributed by atoms with Crippen molar-refractivity contribution in [1.82, 2.24) is 34.3 Å². The second-order valence-electron chi connectivity index (χ2n) is 9.94. The molecule has 14 heteroatoms. The molecule has 43 heavy (non-hydrogen) atoms. The number of nitrogens with one attached hydrogen (secondary N) is 1. The monoisotopic (exact) mass is 583 g/mol. The van der Waals surface area contributed by atoms with Crippen molar-refractivity contribution in [2.75, 3.05) is 31.6 Å². The van der Waals surface area contributed by atoms with Crippen molar-refractivity contribution in [1.29, 1.82) is 5.26 Å². The van der Waals surface area contributed by atoms with Gasteiger partial charge >= 0.3 is 6.09 Å². The molecule has 13 nitrogen and oxygen atoms in total. The zero-order chi connectivity index (χ0) is 29.9. The molecule has 0 bridgehead atoms. The molecule has 5 aromatic rings. The van der Waals surface area contributed by atoms with Gasteiger partial charge in [-0.15, -0.1) is 0 Å². The fraction of sp³-hybridized carbons (Fsp3) is 0.241. The van der Waals surface area contributed by atoms with Gasteiger partial charge in [0.2, 0.25) is 0 Å². The highest BCUT2D eigenvalue weighted by molar-refractivity contribution is 5.85. The van der Waals surface area contributed by atoms with E-state index in [1.807, 2.05) is 25.1 Å². The van der Waals surface area contributed by atoms with Gasteiger partial charge in [-0.25, -0.2) is 28.4 Å². The molecule has 0 unspecified atom stereocenters. The molecule has 218 valence electrons. The number of amides is 1. The first-order chi connectivity index (χ1) is 20.9. The Balaban J connectivity index is 1.19. The molecule has 0 saturated carbocycles. The smallest absolute Gasteiger partial charge is 0.407 e. The first-order valence-electron chi connectivity index (χ1n) is 13.4. The van der Waals surface area contributed by atoms with Gasteiger partial charge in [-0.1, -0.05) is 6.07 Å². The van der Waals surface area contributed by atoms with E-state index in [4.69, 9.17) is 9.47 Å². The third kappa shape index (κ3) is 5.92. The maximum Gasteiger partial charge on any atom is 0.407 e. The number of hydrogen-bond donors (Lipinski definition) is 2. The fourth-order valence-corrected chi connectivity index (χ4v) is 4.82. The van der Waals surface area contributed by atoms with Crippen LogP contribution in [0.15, 0.2) is 67.5 Å². The number of ether oxygens (including phenoxy) is 2. The van der Waals surface area contributed by atoms with Crippen LogP contribution in [0.4, 0.5) is 15.0 Å². The Morgan fingerprint density at radius 3 is 2.79 bits per heavy atom. The van der Waals surface area contributed by atoms with Crippen LogP contribution in [0.5, 0.6) is 5.75 Å². The number of hydrogen-bond acceptors (Lipinski definition) is 9. The van der Waals surface area contributed by atoms with E-state index in [0.717, 1.165) is 17.3 Å². The van der Waals surface area contributed by atoms with Crippen molar-refractivity contribution in [2.45, 2.75) is 19.1 Å². The summed E-state index contributed by atoms with van der Waals surface area (Å²) >= 11 is 0. The minimum Gasteiger partial charge on any atom is -0.489 e. The highest BCUT2D eigenvalue weighted by Crippen LogP contribution is 2.31. The number of halogens is 1. The van der Waals surface area contributed by atoms with Gasteiger partial charge in [0, 0.05) is 30.1 Å². The zero-order valence-corrected chi connectivity index (χ0v) is 23.0. The third-order valence-electron chi connectivity index (χ3n) is 7.05. The molecule has 0 spiro atoms. The highest BCUT2D eigenvalue weighted by Gasteiger charge is 2.24. The average Bonchev–Trinajstić information content (AvgIpc) is 3.66. The van der Waals surface area contributed by atoms with Crippen LogP contribution in [-0.4, -0.2) is 77.9 Å².